The Hall–Kier alpha value is 0.170. The van der Waals surface area contributed by atoms with Crippen molar-refractivity contribution in [1.82, 2.24) is 3.11 Å². The summed E-state index contributed by atoms with van der Waals surface area (Å²) in [6.45, 7) is 9.29. The van der Waals surface area contributed by atoms with Gasteiger partial charge in [-0.15, -0.1) is 13.2 Å². The average Bonchev–Trinajstić information content (AvgIpc) is 1.85. The fourth-order valence-corrected chi connectivity index (χ4v) is 1.02. The minimum absolute atomic E-state index is 0.953. The summed E-state index contributed by atoms with van der Waals surface area (Å²) in [5.41, 5.74) is 0. The highest BCUT2D eigenvalue weighted by Crippen LogP contribution is 1.99. The largest absolute Gasteiger partial charge is 0.243 e. The lowest BCUT2D eigenvalue weighted by molar-refractivity contribution is 0.571. The first-order valence-corrected chi connectivity index (χ1v) is 3.90. The lowest BCUT2D eigenvalue weighted by Crippen LogP contribution is -2.11. The maximum atomic E-state index is 3.64. The standard InChI is InChI=1S/C7H12IN/c1-3-5-7-9(8)6-4-2/h3-4H,1-2,5-7H2. The molecule has 0 N–H and O–H groups in total. The van der Waals surface area contributed by atoms with Gasteiger partial charge in [0.05, 0.1) is 0 Å². The van der Waals surface area contributed by atoms with E-state index in [0.29, 0.717) is 0 Å². The molecule has 2 heteroatoms. The maximum Gasteiger partial charge on any atom is 0.0259 e. The number of hydrogen-bond acceptors (Lipinski definition) is 1. The fourth-order valence-electron chi connectivity index (χ4n) is 0.463. The molecular weight excluding hydrogens is 225 g/mol. The second kappa shape index (κ2) is 6.29. The van der Waals surface area contributed by atoms with Crippen LogP contribution in [0.3, 0.4) is 0 Å². The van der Waals surface area contributed by atoms with E-state index in [-0.39, 0.29) is 0 Å². The molecule has 0 unspecified atom stereocenters. The van der Waals surface area contributed by atoms with Crippen LogP contribution in [0.5, 0.6) is 0 Å². The van der Waals surface area contributed by atoms with E-state index in [1.807, 2.05) is 12.2 Å². The third kappa shape index (κ3) is 6.05. The Morgan fingerprint density at radius 3 is 2.44 bits per heavy atom. The molecule has 9 heavy (non-hydrogen) atoms. The van der Waals surface area contributed by atoms with Crippen LogP contribution in [0.1, 0.15) is 6.42 Å². The van der Waals surface area contributed by atoms with Crippen LogP contribution in [0.15, 0.2) is 25.3 Å². The lowest BCUT2D eigenvalue weighted by atomic mass is 10.4. The van der Waals surface area contributed by atoms with E-state index in [2.05, 4.69) is 39.1 Å². The van der Waals surface area contributed by atoms with Gasteiger partial charge in [-0.25, -0.2) is 3.11 Å². The van der Waals surface area contributed by atoms with Gasteiger partial charge in [-0.05, 0) is 6.42 Å². The molecule has 0 rings (SSSR count). The summed E-state index contributed by atoms with van der Waals surface area (Å²) in [5.74, 6) is 0. The Bertz CT molecular complexity index is 90.9. The maximum absolute atomic E-state index is 3.64. The van der Waals surface area contributed by atoms with Crippen LogP contribution in [0.4, 0.5) is 0 Å². The van der Waals surface area contributed by atoms with Crippen LogP contribution in [0, 0.1) is 0 Å². The molecule has 0 aliphatic carbocycles. The van der Waals surface area contributed by atoms with E-state index in [9.17, 15) is 0 Å². The predicted molar refractivity (Wildman–Crippen MR) is 50.6 cm³/mol. The zero-order chi connectivity index (χ0) is 7.11. The van der Waals surface area contributed by atoms with Gasteiger partial charge in [-0.3, -0.25) is 0 Å². The van der Waals surface area contributed by atoms with Gasteiger partial charge in [0.15, 0.2) is 0 Å². The predicted octanol–water partition coefficient (Wildman–Crippen LogP) is 2.40. The van der Waals surface area contributed by atoms with Gasteiger partial charge in [-0.1, -0.05) is 12.2 Å². The van der Waals surface area contributed by atoms with Crippen LogP contribution < -0.4 is 0 Å². The van der Waals surface area contributed by atoms with Gasteiger partial charge < -0.3 is 0 Å². The van der Waals surface area contributed by atoms with Crippen molar-refractivity contribution < 1.29 is 0 Å². The van der Waals surface area contributed by atoms with Crippen LogP contribution in [0.2, 0.25) is 0 Å². The van der Waals surface area contributed by atoms with Crippen LogP contribution in [-0.2, 0) is 0 Å². The molecule has 0 fully saturated rings. The third-order valence-electron chi connectivity index (χ3n) is 0.903. The molecule has 0 amide bonds. The second-order valence-corrected chi connectivity index (χ2v) is 3.10. The van der Waals surface area contributed by atoms with Gasteiger partial charge in [0.2, 0.25) is 0 Å². The molecule has 0 aromatic carbocycles. The molecule has 52 valence electrons. The third-order valence-corrected chi connectivity index (χ3v) is 1.78. The number of nitrogens with zero attached hydrogens (tertiary/aromatic N) is 1. The Balaban J connectivity index is 3.14. The highest BCUT2D eigenvalue weighted by Gasteiger charge is 1.91. The first kappa shape index (κ1) is 9.17. The summed E-state index contributed by atoms with van der Waals surface area (Å²) in [4.78, 5) is 0. The van der Waals surface area contributed by atoms with Gasteiger partial charge >= 0.3 is 0 Å². The molecule has 0 heterocycles. The van der Waals surface area contributed by atoms with Crippen molar-refractivity contribution in [1.29, 1.82) is 0 Å². The molecule has 0 atom stereocenters. The number of hydrogen-bond donors (Lipinski definition) is 0. The highest BCUT2D eigenvalue weighted by molar-refractivity contribution is 14.1. The summed E-state index contributed by atoms with van der Waals surface area (Å²) >= 11 is 2.28. The molecule has 0 saturated heterocycles. The zero-order valence-corrected chi connectivity index (χ0v) is 7.67. The van der Waals surface area contributed by atoms with Crippen molar-refractivity contribution in [2.75, 3.05) is 13.1 Å². The lowest BCUT2D eigenvalue weighted by Gasteiger charge is -2.08. The zero-order valence-electron chi connectivity index (χ0n) is 5.52. The van der Waals surface area contributed by atoms with E-state index >= 15 is 0 Å². The molecule has 0 radical (unpaired) electrons. The molecule has 0 bridgehead atoms. The summed E-state index contributed by atoms with van der Waals surface area (Å²) < 4.78 is 2.17. The smallest absolute Gasteiger partial charge is 0.0259 e. The van der Waals surface area contributed by atoms with Crippen molar-refractivity contribution in [2.24, 2.45) is 0 Å². The second-order valence-electron chi connectivity index (χ2n) is 1.73. The molecule has 0 aliphatic heterocycles. The van der Waals surface area contributed by atoms with Crippen molar-refractivity contribution in [2.45, 2.75) is 6.42 Å². The number of rotatable bonds is 5. The van der Waals surface area contributed by atoms with Gasteiger partial charge in [0, 0.05) is 36.0 Å². The van der Waals surface area contributed by atoms with Crippen LogP contribution in [0.25, 0.3) is 0 Å². The summed E-state index contributed by atoms with van der Waals surface area (Å²) in [7, 11) is 0. The number of halogens is 1. The normalized spacial score (nSPS) is 9.56. The Kier molecular flexibility index (Phi) is 6.41. The highest BCUT2D eigenvalue weighted by atomic mass is 127. The molecule has 1 nitrogen and oxygen atoms in total. The first-order chi connectivity index (χ1) is 4.31. The summed E-state index contributed by atoms with van der Waals surface area (Å²) in [6, 6.07) is 0. The van der Waals surface area contributed by atoms with Crippen molar-refractivity contribution in [3.8, 4) is 0 Å². The molecule has 0 aromatic heterocycles. The van der Waals surface area contributed by atoms with E-state index < -0.39 is 0 Å². The van der Waals surface area contributed by atoms with E-state index in [4.69, 9.17) is 0 Å². The summed E-state index contributed by atoms with van der Waals surface area (Å²) in [5, 5.41) is 0. The topological polar surface area (TPSA) is 3.24 Å². The Labute approximate surface area is 70.9 Å². The molecule has 0 spiro atoms. The first-order valence-electron chi connectivity index (χ1n) is 2.93. The van der Waals surface area contributed by atoms with Crippen molar-refractivity contribution >= 4 is 22.9 Å². The van der Waals surface area contributed by atoms with Crippen molar-refractivity contribution in [3.05, 3.63) is 25.3 Å². The van der Waals surface area contributed by atoms with E-state index in [1.54, 1.807) is 0 Å². The van der Waals surface area contributed by atoms with Crippen LogP contribution in [-0.4, -0.2) is 16.2 Å². The van der Waals surface area contributed by atoms with E-state index in [0.717, 1.165) is 19.5 Å². The molecule has 0 aromatic rings. The average molecular weight is 237 g/mol. The summed E-state index contributed by atoms with van der Waals surface area (Å²) in [6.07, 6.45) is 4.88. The quantitative estimate of drug-likeness (QED) is 0.403. The molecular formula is C7H12IN. The SMILES string of the molecule is C=CCCN(I)CC=C. The minimum atomic E-state index is 0.953. The minimum Gasteiger partial charge on any atom is -0.243 e. The fraction of sp³-hybridized carbons (Fsp3) is 0.429. The Morgan fingerprint density at radius 1 is 1.33 bits per heavy atom. The molecule has 0 saturated carbocycles. The van der Waals surface area contributed by atoms with Gasteiger partial charge in [0.1, 0.15) is 0 Å². The monoisotopic (exact) mass is 237 g/mol. The van der Waals surface area contributed by atoms with Crippen LogP contribution >= 0.6 is 22.9 Å². The van der Waals surface area contributed by atoms with E-state index in [1.165, 1.54) is 0 Å². The van der Waals surface area contributed by atoms with Crippen molar-refractivity contribution in [3.63, 3.8) is 0 Å². The molecule has 0 aliphatic rings. The Morgan fingerprint density at radius 2 is 2.00 bits per heavy atom. The van der Waals surface area contributed by atoms with Gasteiger partial charge in [-0.2, -0.15) is 0 Å². The van der Waals surface area contributed by atoms with Gasteiger partial charge in [0.25, 0.3) is 0 Å².